The number of aliphatic imine (C=N–C) groups is 1. The molecule has 8 heteroatoms. The number of rotatable bonds is 5. The third-order valence-electron chi connectivity index (χ3n) is 4.27. The van der Waals surface area contributed by atoms with E-state index in [1.54, 1.807) is 37.7 Å². The molecule has 0 unspecified atom stereocenters. The van der Waals surface area contributed by atoms with Gasteiger partial charge in [0.15, 0.2) is 0 Å². The zero-order valence-electron chi connectivity index (χ0n) is 14.5. The van der Waals surface area contributed by atoms with Crippen LogP contribution in [-0.4, -0.2) is 42.3 Å². The van der Waals surface area contributed by atoms with Crippen molar-refractivity contribution in [2.75, 3.05) is 0 Å². The molecule has 0 atom stereocenters. The number of aryl methyl sites for hydroxylation is 1. The van der Waals surface area contributed by atoms with Gasteiger partial charge in [0.1, 0.15) is 18.1 Å². The summed E-state index contributed by atoms with van der Waals surface area (Å²) in [6.07, 6.45) is 7.23. The number of aromatic nitrogens is 4. The second-order valence-corrected chi connectivity index (χ2v) is 6.14. The number of carboxylic acid groups (broad SMARTS) is 1. The molecule has 1 aromatic carbocycles. The van der Waals surface area contributed by atoms with Crippen LogP contribution in [0.3, 0.4) is 0 Å². The summed E-state index contributed by atoms with van der Waals surface area (Å²) >= 11 is 0. The summed E-state index contributed by atoms with van der Waals surface area (Å²) in [5, 5.41) is 14.0. The molecule has 0 spiro atoms. The summed E-state index contributed by atoms with van der Waals surface area (Å²) in [6.45, 7) is 1.47. The molecule has 0 saturated carbocycles. The minimum Gasteiger partial charge on any atom is -0.480 e. The highest BCUT2D eigenvalue weighted by molar-refractivity contribution is 6.48. The molecule has 0 saturated heterocycles. The lowest BCUT2D eigenvalue weighted by Crippen LogP contribution is -2.15. The molecule has 0 radical (unpaired) electrons. The van der Waals surface area contributed by atoms with Crippen molar-refractivity contribution < 1.29 is 14.7 Å². The van der Waals surface area contributed by atoms with Gasteiger partial charge < -0.3 is 5.11 Å². The van der Waals surface area contributed by atoms with E-state index in [0.29, 0.717) is 28.9 Å². The Morgan fingerprint density at radius 1 is 1.19 bits per heavy atom. The van der Waals surface area contributed by atoms with E-state index >= 15 is 0 Å². The van der Waals surface area contributed by atoms with Gasteiger partial charge >= 0.3 is 5.97 Å². The number of fused-ring (bicyclic) bond motifs is 1. The molecule has 134 valence electrons. The molecule has 8 nitrogen and oxygen atoms in total. The van der Waals surface area contributed by atoms with Gasteiger partial charge in [-0.15, -0.1) is 0 Å². The zero-order valence-corrected chi connectivity index (χ0v) is 14.5. The monoisotopic (exact) mass is 361 g/mol. The van der Waals surface area contributed by atoms with Crippen LogP contribution in [0.2, 0.25) is 0 Å². The minimum absolute atomic E-state index is 0.198. The molecule has 1 N–H and O–H groups in total. The van der Waals surface area contributed by atoms with Crippen molar-refractivity contribution in [3.05, 3.63) is 54.4 Å². The molecule has 3 heterocycles. The number of allylic oxidation sites excluding steroid dienone is 1. The fraction of sp³-hybridized carbons (Fsp3) is 0.158. The van der Waals surface area contributed by atoms with Gasteiger partial charge in [0.05, 0.1) is 11.2 Å². The third-order valence-corrected chi connectivity index (χ3v) is 4.27. The highest BCUT2D eigenvalue weighted by Crippen LogP contribution is 2.27. The maximum absolute atomic E-state index is 12.8. The molecule has 1 aliphatic heterocycles. The van der Waals surface area contributed by atoms with Crippen LogP contribution in [0.15, 0.2) is 47.9 Å². The second-order valence-electron chi connectivity index (χ2n) is 6.14. The van der Waals surface area contributed by atoms with Gasteiger partial charge in [-0.05, 0) is 24.6 Å². The Balaban J connectivity index is 1.86. The van der Waals surface area contributed by atoms with Crippen LogP contribution >= 0.6 is 0 Å². The predicted molar refractivity (Wildman–Crippen MR) is 98.7 cm³/mol. The smallest absolute Gasteiger partial charge is 0.325 e. The van der Waals surface area contributed by atoms with E-state index in [9.17, 15) is 9.59 Å². The van der Waals surface area contributed by atoms with Crippen LogP contribution in [0, 0.1) is 6.92 Å². The first-order chi connectivity index (χ1) is 13.0. The Kier molecular flexibility index (Phi) is 4.08. The summed E-state index contributed by atoms with van der Waals surface area (Å²) in [4.78, 5) is 36.5. The molecular weight excluding hydrogens is 346 g/mol. The van der Waals surface area contributed by atoms with Crippen LogP contribution in [0.25, 0.3) is 22.0 Å². The number of hydrogen-bond acceptors (Lipinski definition) is 6. The van der Waals surface area contributed by atoms with Gasteiger partial charge in [-0.3, -0.25) is 19.3 Å². The molecule has 0 fully saturated rings. The lowest BCUT2D eigenvalue weighted by atomic mass is 10.0. The maximum Gasteiger partial charge on any atom is 0.325 e. The third kappa shape index (κ3) is 3.12. The van der Waals surface area contributed by atoms with Crippen molar-refractivity contribution >= 4 is 28.4 Å². The summed E-state index contributed by atoms with van der Waals surface area (Å²) in [7, 11) is 0. The molecule has 0 amide bonds. The first-order valence-corrected chi connectivity index (χ1v) is 8.30. The average Bonchev–Trinajstić information content (AvgIpc) is 3.30. The number of carbonyl (C=O) groups is 2. The lowest BCUT2D eigenvalue weighted by Gasteiger charge is -2.03. The predicted octanol–water partition coefficient (Wildman–Crippen LogP) is 2.43. The van der Waals surface area contributed by atoms with Gasteiger partial charge in [0.2, 0.25) is 5.78 Å². The Morgan fingerprint density at radius 3 is 2.63 bits per heavy atom. The molecule has 2 aromatic heterocycles. The van der Waals surface area contributed by atoms with Gasteiger partial charge in [0, 0.05) is 36.0 Å². The quantitative estimate of drug-likeness (QED) is 0.699. The zero-order chi connectivity index (χ0) is 19.0. The van der Waals surface area contributed by atoms with E-state index in [-0.39, 0.29) is 18.0 Å². The Hall–Kier alpha value is -3.68. The van der Waals surface area contributed by atoms with E-state index in [0.717, 1.165) is 11.1 Å². The van der Waals surface area contributed by atoms with Crippen molar-refractivity contribution in [2.24, 2.45) is 4.99 Å². The summed E-state index contributed by atoms with van der Waals surface area (Å²) in [6, 6.07) is 5.40. The Bertz CT molecular complexity index is 1130. The molecule has 27 heavy (non-hydrogen) atoms. The van der Waals surface area contributed by atoms with E-state index < -0.39 is 5.97 Å². The summed E-state index contributed by atoms with van der Waals surface area (Å²) < 4.78 is 1.32. The van der Waals surface area contributed by atoms with E-state index in [4.69, 9.17) is 5.11 Å². The van der Waals surface area contributed by atoms with Crippen molar-refractivity contribution in [3.63, 3.8) is 0 Å². The Morgan fingerprint density at radius 2 is 1.96 bits per heavy atom. The lowest BCUT2D eigenvalue weighted by molar-refractivity contribution is -0.137. The van der Waals surface area contributed by atoms with Crippen LogP contribution in [0.1, 0.15) is 22.7 Å². The largest absolute Gasteiger partial charge is 0.480 e. The molecule has 3 aromatic rings. The van der Waals surface area contributed by atoms with Gasteiger partial charge in [-0.1, -0.05) is 12.1 Å². The first kappa shape index (κ1) is 16.8. The Labute approximate surface area is 153 Å². The van der Waals surface area contributed by atoms with Crippen molar-refractivity contribution in [2.45, 2.75) is 19.9 Å². The number of nitrogens with zero attached hydrogens (tertiary/aromatic N) is 5. The van der Waals surface area contributed by atoms with Crippen molar-refractivity contribution in [1.82, 2.24) is 19.7 Å². The number of benzene rings is 1. The SMILES string of the molecule is Cc1ncc(-c2ccc3c(c2)c(C(=O)C2=NC=CC2)nn3CC(=O)O)cn1. The number of Topliss-reactive ketones (excluding diaryl/α,β-unsaturated/α-hetero) is 1. The van der Waals surface area contributed by atoms with E-state index in [1.807, 2.05) is 12.1 Å². The fourth-order valence-electron chi connectivity index (χ4n) is 2.96. The highest BCUT2D eigenvalue weighted by Gasteiger charge is 2.23. The van der Waals surface area contributed by atoms with Crippen molar-refractivity contribution in [3.8, 4) is 11.1 Å². The molecule has 1 aliphatic rings. The summed E-state index contributed by atoms with van der Waals surface area (Å²) in [5.41, 5.74) is 2.78. The molecular formula is C19H15N5O3. The van der Waals surface area contributed by atoms with Crippen LogP contribution in [0.4, 0.5) is 0 Å². The standard InChI is InChI=1S/C19H15N5O3/c1-11-21-8-13(9-22-11)12-4-5-16-14(7-12)18(23-24(16)10-17(25)26)19(27)15-3-2-6-20-15/h2,4-9H,3,10H2,1H3,(H,25,26). The number of aliphatic carboxylic acids is 1. The number of hydrogen-bond donors (Lipinski definition) is 1. The molecule has 0 bridgehead atoms. The maximum atomic E-state index is 12.8. The highest BCUT2D eigenvalue weighted by atomic mass is 16.4. The normalized spacial score (nSPS) is 13.1. The van der Waals surface area contributed by atoms with E-state index in [2.05, 4.69) is 20.1 Å². The number of carbonyl (C=O) groups excluding carboxylic acids is 1. The van der Waals surface area contributed by atoms with Crippen molar-refractivity contribution in [1.29, 1.82) is 0 Å². The molecule has 4 rings (SSSR count). The van der Waals surface area contributed by atoms with E-state index in [1.165, 1.54) is 4.68 Å². The van der Waals surface area contributed by atoms with Gasteiger partial charge in [-0.2, -0.15) is 5.10 Å². The minimum atomic E-state index is -1.03. The second kappa shape index (κ2) is 6.56. The fourth-order valence-corrected chi connectivity index (χ4v) is 2.96. The number of ketones is 1. The molecule has 0 aliphatic carbocycles. The van der Waals surface area contributed by atoms with Gasteiger partial charge in [0.25, 0.3) is 0 Å². The number of carboxylic acids is 1. The van der Waals surface area contributed by atoms with Crippen LogP contribution < -0.4 is 0 Å². The average molecular weight is 361 g/mol. The van der Waals surface area contributed by atoms with Crippen LogP contribution in [-0.2, 0) is 11.3 Å². The summed E-state index contributed by atoms with van der Waals surface area (Å²) in [5.74, 6) is -0.669. The topological polar surface area (TPSA) is 110 Å². The van der Waals surface area contributed by atoms with Crippen LogP contribution in [0.5, 0.6) is 0 Å². The van der Waals surface area contributed by atoms with Gasteiger partial charge in [-0.25, -0.2) is 9.97 Å². The first-order valence-electron chi connectivity index (χ1n) is 8.30.